The van der Waals surface area contributed by atoms with E-state index < -0.39 is 47.9 Å². The summed E-state index contributed by atoms with van der Waals surface area (Å²) in [6.07, 6.45) is -7.91. The number of aromatic hydroxyl groups is 1. The number of carbonyl (C=O) groups is 1. The van der Waals surface area contributed by atoms with Crippen LogP contribution in [0.5, 0.6) is 5.75 Å². The second-order valence-corrected chi connectivity index (χ2v) is 5.58. The summed E-state index contributed by atoms with van der Waals surface area (Å²) in [5.74, 6) is -1.84. The molecule has 0 spiro atoms. The van der Waals surface area contributed by atoms with E-state index in [1.807, 2.05) is 0 Å². The summed E-state index contributed by atoms with van der Waals surface area (Å²) < 4.78 is 52.0. The Morgan fingerprint density at radius 3 is 2.32 bits per heavy atom. The van der Waals surface area contributed by atoms with Crippen molar-refractivity contribution >= 4 is 22.4 Å². The molecule has 0 radical (unpaired) electrons. The highest BCUT2D eigenvalue weighted by Gasteiger charge is 2.53. The minimum atomic E-state index is -3.53. The summed E-state index contributed by atoms with van der Waals surface area (Å²) in [5, 5.41) is 24.2. The number of nitrogens with zero attached hydrogens (tertiary/aromatic N) is 2. The molecule has 1 aliphatic heterocycles. The molecular formula is C16H12F4N2O3. The molecule has 0 saturated heterocycles. The highest BCUT2D eigenvalue weighted by atomic mass is 19.3. The highest BCUT2D eigenvalue weighted by molar-refractivity contribution is 6.03. The fourth-order valence-corrected chi connectivity index (χ4v) is 2.62. The third-order valence-electron chi connectivity index (χ3n) is 3.92. The molecule has 2 aromatic carbocycles. The zero-order chi connectivity index (χ0) is 18.4. The second-order valence-electron chi connectivity index (χ2n) is 5.58. The number of alkyl halides is 4. The van der Waals surface area contributed by atoms with Crippen molar-refractivity contribution in [2.45, 2.75) is 25.0 Å². The highest BCUT2D eigenvalue weighted by Crippen LogP contribution is 2.36. The van der Waals surface area contributed by atoms with Gasteiger partial charge < -0.3 is 10.2 Å². The Morgan fingerprint density at radius 1 is 1.16 bits per heavy atom. The smallest absolute Gasteiger partial charge is 0.287 e. The predicted octanol–water partition coefficient (Wildman–Crippen LogP) is 2.97. The van der Waals surface area contributed by atoms with Gasteiger partial charge in [0, 0.05) is 6.42 Å². The molecule has 0 fully saturated rings. The van der Waals surface area contributed by atoms with Crippen LogP contribution >= 0.6 is 0 Å². The molecule has 132 valence electrons. The van der Waals surface area contributed by atoms with E-state index in [0.717, 1.165) is 0 Å². The van der Waals surface area contributed by atoms with Crippen molar-refractivity contribution in [3.63, 3.8) is 0 Å². The standard InChI is InChI=1S/C16H12F4N2O3/c17-13(18)11-7-16(25,15(19)20)22(21-11)14(24)10-5-8-3-1-2-4-9(8)6-12(10)23/h1-6,13,15,23,25H,7H2. The minimum Gasteiger partial charge on any atom is -0.507 e. The van der Waals surface area contributed by atoms with Crippen LogP contribution in [0.4, 0.5) is 17.6 Å². The van der Waals surface area contributed by atoms with Gasteiger partial charge in [-0.05, 0) is 22.9 Å². The first-order valence-electron chi connectivity index (χ1n) is 7.16. The second kappa shape index (κ2) is 5.99. The van der Waals surface area contributed by atoms with Gasteiger partial charge in [-0.25, -0.2) is 17.6 Å². The molecule has 0 aliphatic carbocycles. The van der Waals surface area contributed by atoms with Crippen molar-refractivity contribution in [1.82, 2.24) is 5.01 Å². The van der Waals surface area contributed by atoms with Gasteiger partial charge in [0.25, 0.3) is 18.8 Å². The number of phenols is 1. The first-order chi connectivity index (χ1) is 11.7. The number of hydrogen-bond donors (Lipinski definition) is 2. The summed E-state index contributed by atoms with van der Waals surface area (Å²) in [7, 11) is 0. The molecule has 0 aromatic heterocycles. The van der Waals surface area contributed by atoms with Crippen LogP contribution in [0.3, 0.4) is 0 Å². The number of fused-ring (bicyclic) bond motifs is 1. The quantitative estimate of drug-likeness (QED) is 0.831. The third kappa shape index (κ3) is 2.80. The molecule has 1 heterocycles. The molecule has 1 amide bonds. The van der Waals surface area contributed by atoms with E-state index in [9.17, 15) is 32.6 Å². The number of hydrogen-bond acceptors (Lipinski definition) is 4. The zero-order valence-electron chi connectivity index (χ0n) is 12.5. The Balaban J connectivity index is 2.08. The number of benzene rings is 2. The van der Waals surface area contributed by atoms with Crippen molar-refractivity contribution in [1.29, 1.82) is 0 Å². The van der Waals surface area contributed by atoms with Crippen LogP contribution in [0.15, 0.2) is 41.5 Å². The van der Waals surface area contributed by atoms with Gasteiger partial charge >= 0.3 is 0 Å². The van der Waals surface area contributed by atoms with Gasteiger partial charge in [-0.15, -0.1) is 0 Å². The molecule has 25 heavy (non-hydrogen) atoms. The molecule has 2 N–H and O–H groups in total. The van der Waals surface area contributed by atoms with Crippen LogP contribution in [0.25, 0.3) is 10.8 Å². The average Bonchev–Trinajstić information content (AvgIpc) is 2.93. The van der Waals surface area contributed by atoms with Crippen molar-refractivity contribution in [3.8, 4) is 5.75 Å². The Bertz CT molecular complexity index is 872. The van der Waals surface area contributed by atoms with Crippen LogP contribution < -0.4 is 0 Å². The average molecular weight is 356 g/mol. The van der Waals surface area contributed by atoms with Crippen LogP contribution in [0.1, 0.15) is 16.8 Å². The Labute approximate surface area is 138 Å². The summed E-state index contributed by atoms with van der Waals surface area (Å²) in [4.78, 5) is 12.5. The van der Waals surface area contributed by atoms with Crippen LogP contribution in [0.2, 0.25) is 0 Å². The fourth-order valence-electron chi connectivity index (χ4n) is 2.62. The molecule has 0 saturated carbocycles. The lowest BCUT2D eigenvalue weighted by Crippen LogP contribution is -2.51. The number of phenolic OH excluding ortho intramolecular Hbond substituents is 1. The van der Waals surface area contributed by atoms with Gasteiger partial charge in [-0.1, -0.05) is 24.3 Å². The topological polar surface area (TPSA) is 73.1 Å². The van der Waals surface area contributed by atoms with Crippen molar-refractivity contribution in [3.05, 3.63) is 42.0 Å². The van der Waals surface area contributed by atoms with Crippen molar-refractivity contribution in [2.24, 2.45) is 5.10 Å². The molecule has 5 nitrogen and oxygen atoms in total. The van der Waals surface area contributed by atoms with Gasteiger partial charge in [0.1, 0.15) is 11.5 Å². The first kappa shape index (κ1) is 17.2. The van der Waals surface area contributed by atoms with Gasteiger partial charge in [0.2, 0.25) is 5.72 Å². The summed E-state index contributed by atoms with van der Waals surface area (Å²) in [6, 6.07) is 9.07. The van der Waals surface area contributed by atoms with Crippen LogP contribution in [0, 0.1) is 0 Å². The normalized spacial score (nSPS) is 20.6. The third-order valence-corrected chi connectivity index (χ3v) is 3.92. The number of carbonyl (C=O) groups excluding carboxylic acids is 1. The predicted molar refractivity (Wildman–Crippen MR) is 80.8 cm³/mol. The molecule has 0 bridgehead atoms. The number of aliphatic hydroxyl groups is 1. The SMILES string of the molecule is O=C(c1cc2ccccc2cc1O)N1N=C(C(F)F)CC1(O)C(F)F. The molecule has 1 atom stereocenters. The number of amides is 1. The van der Waals surface area contributed by atoms with Gasteiger partial charge in [-0.3, -0.25) is 4.79 Å². The Kier molecular flexibility index (Phi) is 4.11. The molecule has 1 unspecified atom stereocenters. The van der Waals surface area contributed by atoms with Gasteiger partial charge in [0.15, 0.2) is 0 Å². The minimum absolute atomic E-state index is 0.0804. The maximum Gasteiger partial charge on any atom is 0.287 e. The van der Waals surface area contributed by atoms with Gasteiger partial charge in [-0.2, -0.15) is 10.1 Å². The molecular weight excluding hydrogens is 344 g/mol. The lowest BCUT2D eigenvalue weighted by atomic mass is 10.0. The lowest BCUT2D eigenvalue weighted by molar-refractivity contribution is -0.164. The summed E-state index contributed by atoms with van der Waals surface area (Å²) >= 11 is 0. The summed E-state index contributed by atoms with van der Waals surface area (Å²) in [5.41, 5.74) is -4.66. The van der Waals surface area contributed by atoms with Gasteiger partial charge in [0.05, 0.1) is 5.56 Å². The van der Waals surface area contributed by atoms with Crippen LogP contribution in [-0.2, 0) is 0 Å². The van der Waals surface area contributed by atoms with E-state index in [2.05, 4.69) is 5.10 Å². The number of halogens is 4. The molecule has 3 rings (SSSR count). The maximum atomic E-state index is 13.2. The summed E-state index contributed by atoms with van der Waals surface area (Å²) in [6.45, 7) is 0. The molecule has 1 aliphatic rings. The zero-order valence-corrected chi connectivity index (χ0v) is 12.5. The van der Waals surface area contributed by atoms with E-state index in [0.29, 0.717) is 10.8 Å². The van der Waals surface area contributed by atoms with E-state index in [-0.39, 0.29) is 5.01 Å². The molecule has 2 aromatic rings. The monoisotopic (exact) mass is 356 g/mol. The van der Waals surface area contributed by atoms with E-state index in [4.69, 9.17) is 0 Å². The van der Waals surface area contributed by atoms with E-state index in [1.165, 1.54) is 12.1 Å². The first-order valence-corrected chi connectivity index (χ1v) is 7.16. The Hall–Kier alpha value is -2.68. The van der Waals surface area contributed by atoms with Crippen LogP contribution in [-0.4, -0.2) is 45.4 Å². The maximum absolute atomic E-state index is 13.2. The van der Waals surface area contributed by atoms with Crippen molar-refractivity contribution < 1.29 is 32.6 Å². The number of rotatable bonds is 3. The number of hydrazone groups is 1. The van der Waals surface area contributed by atoms with Crippen molar-refractivity contribution in [2.75, 3.05) is 0 Å². The lowest BCUT2D eigenvalue weighted by Gasteiger charge is -2.30. The fraction of sp³-hybridized carbons (Fsp3) is 0.250. The Morgan fingerprint density at radius 2 is 1.76 bits per heavy atom. The van der Waals surface area contributed by atoms with E-state index >= 15 is 0 Å². The largest absolute Gasteiger partial charge is 0.507 e. The van der Waals surface area contributed by atoms with E-state index in [1.54, 1.807) is 24.3 Å². The molecule has 9 heteroatoms.